The summed E-state index contributed by atoms with van der Waals surface area (Å²) in [4.78, 5) is 0. The molecule has 0 aliphatic heterocycles. The van der Waals surface area contributed by atoms with Crippen molar-refractivity contribution in [2.24, 2.45) is 0 Å². The first-order valence-corrected chi connectivity index (χ1v) is 19.8. The second-order valence-corrected chi connectivity index (χ2v) is 15.2. The highest BCUT2D eigenvalue weighted by molar-refractivity contribution is 6.17. The number of rotatable bonds is 5. The van der Waals surface area contributed by atoms with Gasteiger partial charge in [-0.25, -0.2) is 0 Å². The molecular formula is C55H36N2. The average Bonchev–Trinajstić information content (AvgIpc) is 3.91. The van der Waals surface area contributed by atoms with Crippen LogP contribution in [-0.2, 0) is 5.41 Å². The summed E-state index contributed by atoms with van der Waals surface area (Å²) in [6, 6.07) is 80.5. The zero-order chi connectivity index (χ0) is 37.5. The Morgan fingerprint density at radius 2 is 0.842 bits per heavy atom. The third-order valence-corrected chi connectivity index (χ3v) is 12.4. The predicted octanol–water partition coefficient (Wildman–Crippen LogP) is 13.9. The van der Waals surface area contributed by atoms with E-state index >= 15 is 0 Å². The lowest BCUT2D eigenvalue weighted by atomic mass is 9.67. The maximum atomic E-state index is 2.48. The minimum atomic E-state index is -0.466. The summed E-state index contributed by atoms with van der Waals surface area (Å²) < 4.78 is 4.86. The summed E-state index contributed by atoms with van der Waals surface area (Å²) >= 11 is 0. The molecule has 0 fully saturated rings. The lowest BCUT2D eigenvalue weighted by molar-refractivity contribution is 0.770. The van der Waals surface area contributed by atoms with Crippen LogP contribution in [0.2, 0.25) is 0 Å². The topological polar surface area (TPSA) is 9.86 Å². The van der Waals surface area contributed by atoms with Crippen LogP contribution in [0.25, 0.3) is 77.2 Å². The highest BCUT2D eigenvalue weighted by atomic mass is 15.0. The van der Waals surface area contributed by atoms with Crippen molar-refractivity contribution in [2.75, 3.05) is 0 Å². The molecule has 0 bridgehead atoms. The van der Waals surface area contributed by atoms with E-state index in [2.05, 4.69) is 228 Å². The van der Waals surface area contributed by atoms with Gasteiger partial charge in [0.15, 0.2) is 0 Å². The van der Waals surface area contributed by atoms with E-state index in [1.54, 1.807) is 0 Å². The van der Waals surface area contributed by atoms with Gasteiger partial charge in [-0.05, 0) is 99.1 Å². The van der Waals surface area contributed by atoms with Crippen LogP contribution in [0, 0.1) is 0 Å². The molecule has 2 nitrogen and oxygen atoms in total. The first-order chi connectivity index (χ1) is 28.3. The van der Waals surface area contributed by atoms with Gasteiger partial charge in [0.1, 0.15) is 0 Å². The Morgan fingerprint density at radius 3 is 1.54 bits per heavy atom. The van der Waals surface area contributed by atoms with Gasteiger partial charge in [0.2, 0.25) is 0 Å². The summed E-state index contributed by atoms with van der Waals surface area (Å²) in [6.45, 7) is 0. The summed E-state index contributed by atoms with van der Waals surface area (Å²) in [6.07, 6.45) is 0. The van der Waals surface area contributed by atoms with Crippen molar-refractivity contribution in [3.8, 4) is 33.6 Å². The summed E-state index contributed by atoms with van der Waals surface area (Å²) in [5, 5.41) is 5.00. The Labute approximate surface area is 331 Å². The number of benzene rings is 9. The number of hydrogen-bond donors (Lipinski definition) is 0. The van der Waals surface area contributed by atoms with Crippen molar-refractivity contribution in [1.29, 1.82) is 0 Å². The highest BCUT2D eigenvalue weighted by Crippen LogP contribution is 2.56. The highest BCUT2D eigenvalue weighted by Gasteiger charge is 2.46. The Hall–Kier alpha value is -7.42. The first-order valence-electron chi connectivity index (χ1n) is 19.8. The van der Waals surface area contributed by atoms with Crippen LogP contribution in [0.15, 0.2) is 218 Å². The fourth-order valence-electron chi connectivity index (χ4n) is 10.1. The zero-order valence-corrected chi connectivity index (χ0v) is 31.2. The van der Waals surface area contributed by atoms with E-state index in [1.165, 1.54) is 88.1 Å². The van der Waals surface area contributed by atoms with Crippen LogP contribution in [0.1, 0.15) is 22.3 Å². The van der Waals surface area contributed by atoms with Gasteiger partial charge in [0.05, 0.1) is 27.5 Å². The van der Waals surface area contributed by atoms with Crippen LogP contribution < -0.4 is 0 Å². The van der Waals surface area contributed by atoms with Crippen molar-refractivity contribution in [1.82, 2.24) is 9.13 Å². The first kappa shape index (κ1) is 31.9. The molecule has 2 heteroatoms. The Kier molecular flexibility index (Phi) is 6.88. The second kappa shape index (κ2) is 12.3. The molecule has 0 atom stereocenters. The monoisotopic (exact) mass is 724 g/mol. The number of hydrogen-bond acceptors (Lipinski definition) is 0. The molecule has 11 aromatic rings. The van der Waals surface area contributed by atoms with Crippen LogP contribution >= 0.6 is 0 Å². The number of fused-ring (bicyclic) bond motifs is 9. The van der Waals surface area contributed by atoms with E-state index in [0.717, 1.165) is 11.4 Å². The molecule has 1 aliphatic rings. The normalized spacial score (nSPS) is 13.1. The molecule has 0 radical (unpaired) electrons. The van der Waals surface area contributed by atoms with E-state index < -0.39 is 5.41 Å². The van der Waals surface area contributed by atoms with Gasteiger partial charge >= 0.3 is 0 Å². The van der Waals surface area contributed by atoms with E-state index in [9.17, 15) is 0 Å². The van der Waals surface area contributed by atoms with Crippen LogP contribution in [0.4, 0.5) is 0 Å². The molecule has 0 N–H and O–H groups in total. The minimum Gasteiger partial charge on any atom is -0.309 e. The molecule has 2 heterocycles. The van der Waals surface area contributed by atoms with Crippen molar-refractivity contribution >= 4 is 43.6 Å². The number of nitrogens with zero attached hydrogens (tertiary/aromatic N) is 2. The molecule has 1 aliphatic carbocycles. The van der Waals surface area contributed by atoms with E-state index in [4.69, 9.17) is 0 Å². The van der Waals surface area contributed by atoms with E-state index in [0.29, 0.717) is 0 Å². The van der Waals surface area contributed by atoms with E-state index in [1.807, 2.05) is 0 Å². The molecule has 0 unspecified atom stereocenters. The zero-order valence-electron chi connectivity index (χ0n) is 31.2. The van der Waals surface area contributed by atoms with Gasteiger partial charge in [0, 0.05) is 32.9 Å². The van der Waals surface area contributed by atoms with Gasteiger partial charge in [-0.2, -0.15) is 0 Å². The Morgan fingerprint density at radius 1 is 0.298 bits per heavy atom. The van der Waals surface area contributed by atoms with Gasteiger partial charge in [-0.3, -0.25) is 0 Å². The average molecular weight is 725 g/mol. The van der Waals surface area contributed by atoms with Crippen LogP contribution in [0.3, 0.4) is 0 Å². The molecule has 0 spiro atoms. The number of aromatic nitrogens is 2. The quantitative estimate of drug-likeness (QED) is 0.167. The maximum Gasteiger partial charge on any atom is 0.0713 e. The Balaban J connectivity index is 1.14. The standard InChI is InChI=1S/C55H36N2/c1-4-17-38(18-5-1)55(48-27-13-10-23-43(48)44-24-11-14-28-49(44)55)39-32-34-51-47(36-39)45-33-31-37(35-53(45)57(51)41-21-8-3-9-22-41)42-26-16-30-52-54(42)46-25-12-15-29-50(46)56(52)40-19-6-2-7-20-40/h1-36H. The van der Waals surface area contributed by atoms with Crippen molar-refractivity contribution < 1.29 is 0 Å². The largest absolute Gasteiger partial charge is 0.309 e. The second-order valence-electron chi connectivity index (χ2n) is 15.2. The molecule has 0 amide bonds. The fourth-order valence-corrected chi connectivity index (χ4v) is 10.1. The third-order valence-electron chi connectivity index (χ3n) is 12.4. The van der Waals surface area contributed by atoms with Gasteiger partial charge in [0.25, 0.3) is 0 Å². The number of para-hydroxylation sites is 3. The molecule has 0 saturated heterocycles. The van der Waals surface area contributed by atoms with Gasteiger partial charge in [-0.1, -0.05) is 164 Å². The van der Waals surface area contributed by atoms with Crippen molar-refractivity contribution in [2.45, 2.75) is 5.41 Å². The summed E-state index contributed by atoms with van der Waals surface area (Å²) in [7, 11) is 0. The van der Waals surface area contributed by atoms with Gasteiger partial charge in [-0.15, -0.1) is 0 Å². The molecular weight excluding hydrogens is 689 g/mol. The molecule has 12 rings (SSSR count). The molecule has 57 heavy (non-hydrogen) atoms. The summed E-state index contributed by atoms with van der Waals surface area (Å²) in [5.74, 6) is 0. The molecule has 2 aromatic heterocycles. The van der Waals surface area contributed by atoms with E-state index in [-0.39, 0.29) is 0 Å². The molecule has 9 aromatic carbocycles. The lowest BCUT2D eigenvalue weighted by Crippen LogP contribution is -2.28. The molecule has 266 valence electrons. The maximum absolute atomic E-state index is 2.48. The molecule has 0 saturated carbocycles. The van der Waals surface area contributed by atoms with Crippen LogP contribution in [-0.4, -0.2) is 9.13 Å². The SMILES string of the molecule is c1ccc(-n2c3ccc(C4(c5ccccc5)c5ccccc5-c5ccccc54)cc3c3ccc(-c4cccc5c4c4ccccc4n5-c4ccccc4)cc32)cc1. The fraction of sp³-hybridized carbons (Fsp3) is 0.0182. The van der Waals surface area contributed by atoms with Crippen molar-refractivity contribution in [3.63, 3.8) is 0 Å². The third kappa shape index (κ3) is 4.47. The summed E-state index contributed by atoms with van der Waals surface area (Å²) in [5.41, 5.74) is 16.9. The van der Waals surface area contributed by atoms with Crippen molar-refractivity contribution in [3.05, 3.63) is 241 Å². The lowest BCUT2D eigenvalue weighted by Gasteiger charge is -2.34. The van der Waals surface area contributed by atoms with Gasteiger partial charge < -0.3 is 9.13 Å². The van der Waals surface area contributed by atoms with Crippen LogP contribution in [0.5, 0.6) is 0 Å². The smallest absolute Gasteiger partial charge is 0.0713 e. The predicted molar refractivity (Wildman–Crippen MR) is 238 cm³/mol. The Bertz CT molecular complexity index is 3290. The minimum absolute atomic E-state index is 0.466.